The molecule has 112 valence electrons. The van der Waals surface area contributed by atoms with E-state index in [9.17, 15) is 4.79 Å². The number of aromatic nitrogens is 4. The van der Waals surface area contributed by atoms with E-state index < -0.39 is 0 Å². The van der Waals surface area contributed by atoms with Crippen LogP contribution in [0.4, 0.5) is 0 Å². The molecule has 5 nitrogen and oxygen atoms in total. The predicted octanol–water partition coefficient (Wildman–Crippen LogP) is 3.47. The highest BCUT2D eigenvalue weighted by molar-refractivity contribution is 7.71. The molecule has 2 heterocycles. The number of nitrogens with one attached hydrogen (secondary N) is 1. The Morgan fingerprint density at radius 2 is 2.10 bits per heavy atom. The molecule has 0 aliphatic heterocycles. The van der Waals surface area contributed by atoms with Crippen molar-refractivity contribution in [3.8, 4) is 11.4 Å². The van der Waals surface area contributed by atoms with Gasteiger partial charge in [0.05, 0.1) is 5.56 Å². The molecule has 0 amide bonds. The molecular formula is C15H20N4OS. The average Bonchev–Trinajstić information content (AvgIpc) is 3.08. The van der Waals surface area contributed by atoms with Crippen LogP contribution in [0.5, 0.6) is 0 Å². The molecule has 2 aromatic heterocycles. The number of rotatable bonds is 3. The van der Waals surface area contributed by atoms with Crippen LogP contribution in [-0.2, 0) is 0 Å². The van der Waals surface area contributed by atoms with Gasteiger partial charge in [-0.2, -0.15) is 5.10 Å². The fourth-order valence-corrected chi connectivity index (χ4v) is 3.47. The molecule has 0 saturated heterocycles. The molecule has 0 aromatic carbocycles. The zero-order chi connectivity index (χ0) is 15.0. The third-order valence-electron chi connectivity index (χ3n) is 4.15. The minimum Gasteiger partial charge on any atom is -0.312 e. The van der Waals surface area contributed by atoms with Crippen molar-refractivity contribution in [2.24, 2.45) is 0 Å². The van der Waals surface area contributed by atoms with Crippen molar-refractivity contribution >= 4 is 12.2 Å². The highest BCUT2D eigenvalue weighted by Gasteiger charge is 2.21. The van der Waals surface area contributed by atoms with E-state index in [0.29, 0.717) is 22.2 Å². The van der Waals surface area contributed by atoms with Gasteiger partial charge in [0.1, 0.15) is 0 Å². The number of hydrogen-bond donors (Lipinski definition) is 1. The monoisotopic (exact) mass is 304 g/mol. The van der Waals surface area contributed by atoms with E-state index >= 15 is 0 Å². The Balaban J connectivity index is 2.14. The number of H-pyrrole nitrogens is 1. The minimum atomic E-state index is 0.0281. The second-order valence-electron chi connectivity index (χ2n) is 5.89. The first-order chi connectivity index (χ1) is 10.1. The van der Waals surface area contributed by atoms with Gasteiger partial charge in [-0.25, -0.2) is 0 Å². The smallest absolute Gasteiger partial charge is 0.261 e. The van der Waals surface area contributed by atoms with Crippen LogP contribution in [0.15, 0.2) is 23.1 Å². The van der Waals surface area contributed by atoms with Crippen molar-refractivity contribution in [1.29, 1.82) is 0 Å². The molecule has 0 bridgehead atoms. The van der Waals surface area contributed by atoms with Crippen LogP contribution in [0.25, 0.3) is 11.4 Å². The van der Waals surface area contributed by atoms with Crippen LogP contribution in [0.3, 0.4) is 0 Å². The van der Waals surface area contributed by atoms with Crippen LogP contribution in [-0.4, -0.2) is 19.3 Å². The highest BCUT2D eigenvalue weighted by atomic mass is 32.1. The van der Waals surface area contributed by atoms with Crippen LogP contribution in [0, 0.1) is 4.77 Å². The molecule has 1 N–H and O–H groups in total. The molecule has 3 rings (SSSR count). The summed E-state index contributed by atoms with van der Waals surface area (Å²) in [7, 11) is 0. The Bertz CT molecular complexity index is 750. The summed E-state index contributed by atoms with van der Waals surface area (Å²) in [5, 5.41) is 7.07. The minimum absolute atomic E-state index is 0.0281. The van der Waals surface area contributed by atoms with Crippen molar-refractivity contribution in [1.82, 2.24) is 19.3 Å². The van der Waals surface area contributed by atoms with E-state index in [1.165, 1.54) is 12.8 Å². The van der Waals surface area contributed by atoms with Crippen molar-refractivity contribution in [3.05, 3.63) is 33.5 Å². The lowest BCUT2D eigenvalue weighted by Crippen LogP contribution is -2.25. The van der Waals surface area contributed by atoms with E-state index in [1.807, 2.05) is 41.3 Å². The van der Waals surface area contributed by atoms with Crippen LogP contribution in [0.1, 0.15) is 51.6 Å². The summed E-state index contributed by atoms with van der Waals surface area (Å²) in [4.78, 5) is 12.8. The maximum absolute atomic E-state index is 12.8. The first-order valence-corrected chi connectivity index (χ1v) is 7.89. The first kappa shape index (κ1) is 14.3. The largest absolute Gasteiger partial charge is 0.312 e. The lowest BCUT2D eigenvalue weighted by Gasteiger charge is -2.15. The van der Waals surface area contributed by atoms with Gasteiger partial charge in [0.15, 0.2) is 10.6 Å². The van der Waals surface area contributed by atoms with Crippen LogP contribution < -0.4 is 5.56 Å². The van der Waals surface area contributed by atoms with Crippen molar-refractivity contribution in [2.45, 2.75) is 51.6 Å². The maximum atomic E-state index is 12.8. The van der Waals surface area contributed by atoms with E-state index in [4.69, 9.17) is 12.2 Å². The number of pyridine rings is 1. The van der Waals surface area contributed by atoms with Gasteiger partial charge >= 0.3 is 0 Å². The Hall–Kier alpha value is -1.69. The summed E-state index contributed by atoms with van der Waals surface area (Å²) in [6.07, 6.45) is 6.46. The van der Waals surface area contributed by atoms with Crippen LogP contribution >= 0.6 is 12.2 Å². The zero-order valence-electron chi connectivity index (χ0n) is 12.4. The highest BCUT2D eigenvalue weighted by Crippen LogP contribution is 2.28. The molecule has 1 saturated carbocycles. The fraction of sp³-hybridized carbons (Fsp3) is 0.533. The summed E-state index contributed by atoms with van der Waals surface area (Å²) in [6.45, 7) is 4.07. The fourth-order valence-electron chi connectivity index (χ4n) is 3.12. The summed E-state index contributed by atoms with van der Waals surface area (Å²) < 4.78 is 4.31. The maximum Gasteiger partial charge on any atom is 0.261 e. The van der Waals surface area contributed by atoms with Gasteiger partial charge in [-0.15, -0.1) is 0 Å². The van der Waals surface area contributed by atoms with Gasteiger partial charge in [-0.1, -0.05) is 12.8 Å². The Kier molecular flexibility index (Phi) is 3.80. The molecule has 0 atom stereocenters. The van der Waals surface area contributed by atoms with Gasteiger partial charge in [0.2, 0.25) is 0 Å². The summed E-state index contributed by atoms with van der Waals surface area (Å²) in [5.41, 5.74) is 0.644. The topological polar surface area (TPSA) is 55.6 Å². The summed E-state index contributed by atoms with van der Waals surface area (Å²) in [5.74, 6) is 0.632. The molecule has 0 unspecified atom stereocenters. The summed E-state index contributed by atoms with van der Waals surface area (Å²) in [6, 6.07) is 4.24. The van der Waals surface area contributed by atoms with Crippen molar-refractivity contribution < 1.29 is 0 Å². The number of aromatic amines is 1. The second-order valence-corrected chi connectivity index (χ2v) is 6.28. The molecule has 1 fully saturated rings. The molecule has 6 heteroatoms. The van der Waals surface area contributed by atoms with Gasteiger partial charge in [-0.05, 0) is 51.0 Å². The third-order valence-corrected chi connectivity index (χ3v) is 4.44. The quantitative estimate of drug-likeness (QED) is 0.883. The van der Waals surface area contributed by atoms with E-state index in [-0.39, 0.29) is 11.6 Å². The lowest BCUT2D eigenvalue weighted by atomic mass is 10.2. The molecule has 0 spiro atoms. The zero-order valence-corrected chi connectivity index (χ0v) is 13.2. The lowest BCUT2D eigenvalue weighted by molar-refractivity contribution is 0.502. The van der Waals surface area contributed by atoms with Gasteiger partial charge in [-0.3, -0.25) is 14.5 Å². The van der Waals surface area contributed by atoms with Crippen molar-refractivity contribution in [3.63, 3.8) is 0 Å². The molecule has 21 heavy (non-hydrogen) atoms. The number of nitrogens with zero attached hydrogens (tertiary/aromatic N) is 3. The van der Waals surface area contributed by atoms with E-state index in [0.717, 1.165) is 12.8 Å². The molecule has 1 aliphatic rings. The van der Waals surface area contributed by atoms with Gasteiger partial charge < -0.3 is 4.57 Å². The number of hydrogen-bond acceptors (Lipinski definition) is 3. The Morgan fingerprint density at radius 3 is 2.76 bits per heavy atom. The molecule has 0 radical (unpaired) electrons. The Labute approximate surface area is 128 Å². The normalized spacial score (nSPS) is 16.0. The van der Waals surface area contributed by atoms with E-state index in [1.54, 1.807) is 0 Å². The average molecular weight is 304 g/mol. The van der Waals surface area contributed by atoms with Gasteiger partial charge in [0, 0.05) is 18.3 Å². The summed E-state index contributed by atoms with van der Waals surface area (Å²) >= 11 is 5.27. The first-order valence-electron chi connectivity index (χ1n) is 7.48. The third kappa shape index (κ3) is 2.48. The molecule has 1 aliphatic carbocycles. The second kappa shape index (κ2) is 5.60. The SMILES string of the molecule is CC(C)n1c(-c2cccn(C3CCCC3)c2=O)n[nH]c1=S. The van der Waals surface area contributed by atoms with Gasteiger partial charge in [0.25, 0.3) is 5.56 Å². The molecule has 2 aromatic rings. The molecular weight excluding hydrogens is 284 g/mol. The standard InChI is InChI=1S/C15H20N4OS/c1-10(2)19-13(16-17-15(19)21)12-8-5-9-18(14(12)20)11-6-3-4-7-11/h5,8-11H,3-4,6-7H2,1-2H3,(H,17,21). The van der Waals surface area contributed by atoms with E-state index in [2.05, 4.69) is 10.2 Å². The van der Waals surface area contributed by atoms with Crippen molar-refractivity contribution in [2.75, 3.05) is 0 Å². The van der Waals surface area contributed by atoms with Crippen LogP contribution in [0.2, 0.25) is 0 Å². The Morgan fingerprint density at radius 1 is 1.38 bits per heavy atom. The predicted molar refractivity (Wildman–Crippen MR) is 85.0 cm³/mol.